The van der Waals surface area contributed by atoms with E-state index >= 15 is 0 Å². The molecular formula is C15H17ClF3NO. The SMILES string of the molecule is CCC(C)(C)N1OC=C(Cl)C1c1ccc(C(F)(F)F)cc1. The van der Waals surface area contributed by atoms with Crippen LogP contribution in [0.5, 0.6) is 0 Å². The molecule has 2 nitrogen and oxygen atoms in total. The van der Waals surface area contributed by atoms with Gasteiger partial charge < -0.3 is 4.84 Å². The van der Waals surface area contributed by atoms with Gasteiger partial charge in [0.1, 0.15) is 12.3 Å². The Morgan fingerprint density at radius 1 is 1.19 bits per heavy atom. The number of alkyl halides is 3. The number of hydrogen-bond donors (Lipinski definition) is 0. The van der Waals surface area contributed by atoms with Gasteiger partial charge in [-0.2, -0.15) is 13.2 Å². The molecule has 0 aliphatic carbocycles. The Hall–Kier alpha value is -1.20. The fraction of sp³-hybridized carbons (Fsp3) is 0.467. The molecular weight excluding hydrogens is 303 g/mol. The van der Waals surface area contributed by atoms with Gasteiger partial charge in [0.05, 0.1) is 16.1 Å². The van der Waals surface area contributed by atoms with Gasteiger partial charge in [0, 0.05) is 0 Å². The maximum Gasteiger partial charge on any atom is 0.416 e. The van der Waals surface area contributed by atoms with Crippen LogP contribution < -0.4 is 0 Å². The fourth-order valence-electron chi connectivity index (χ4n) is 2.14. The van der Waals surface area contributed by atoms with Crippen LogP contribution in [0.2, 0.25) is 0 Å². The number of rotatable bonds is 3. The molecule has 1 unspecified atom stereocenters. The van der Waals surface area contributed by atoms with Crippen LogP contribution in [0.4, 0.5) is 13.2 Å². The molecule has 0 saturated heterocycles. The second kappa shape index (κ2) is 5.54. The van der Waals surface area contributed by atoms with Gasteiger partial charge in [-0.3, -0.25) is 0 Å². The zero-order valence-electron chi connectivity index (χ0n) is 12.0. The topological polar surface area (TPSA) is 12.5 Å². The number of halogens is 4. The summed E-state index contributed by atoms with van der Waals surface area (Å²) in [6.07, 6.45) is -2.10. The Bertz CT molecular complexity index is 537. The zero-order chi connectivity index (χ0) is 15.8. The minimum absolute atomic E-state index is 0.291. The maximum atomic E-state index is 12.6. The molecule has 6 heteroatoms. The van der Waals surface area contributed by atoms with Crippen molar-refractivity contribution in [3.8, 4) is 0 Å². The van der Waals surface area contributed by atoms with Gasteiger partial charge >= 0.3 is 6.18 Å². The van der Waals surface area contributed by atoms with E-state index < -0.39 is 11.7 Å². The summed E-state index contributed by atoms with van der Waals surface area (Å²) in [5, 5.41) is 2.18. The van der Waals surface area contributed by atoms with Crippen molar-refractivity contribution in [3.05, 3.63) is 46.7 Å². The van der Waals surface area contributed by atoms with Crippen molar-refractivity contribution in [1.82, 2.24) is 5.06 Å². The predicted octanol–water partition coefficient (Wildman–Crippen LogP) is 5.26. The summed E-state index contributed by atoms with van der Waals surface area (Å²) in [6, 6.07) is 4.63. The summed E-state index contributed by atoms with van der Waals surface area (Å²) < 4.78 is 37.9. The molecule has 0 fully saturated rings. The second-order valence-electron chi connectivity index (χ2n) is 5.62. The van der Waals surface area contributed by atoms with Crippen molar-refractivity contribution in [2.45, 2.75) is 44.9 Å². The Labute approximate surface area is 127 Å². The molecule has 1 aliphatic rings. The molecule has 1 heterocycles. The van der Waals surface area contributed by atoms with Gasteiger partial charge in [-0.25, -0.2) is 0 Å². The van der Waals surface area contributed by atoms with Gasteiger partial charge in [0.25, 0.3) is 0 Å². The molecule has 0 aromatic heterocycles. The van der Waals surface area contributed by atoms with Gasteiger partial charge in [-0.05, 0) is 38.0 Å². The third-order valence-electron chi connectivity index (χ3n) is 3.79. The molecule has 0 amide bonds. The highest BCUT2D eigenvalue weighted by Gasteiger charge is 2.40. The molecule has 2 rings (SSSR count). The molecule has 1 aromatic rings. The van der Waals surface area contributed by atoms with Crippen LogP contribution in [-0.4, -0.2) is 10.6 Å². The van der Waals surface area contributed by atoms with E-state index in [0.717, 1.165) is 18.6 Å². The van der Waals surface area contributed by atoms with Crippen LogP contribution in [0.15, 0.2) is 35.6 Å². The van der Waals surface area contributed by atoms with E-state index in [2.05, 4.69) is 0 Å². The van der Waals surface area contributed by atoms with Crippen LogP contribution in [0, 0.1) is 0 Å². The van der Waals surface area contributed by atoms with Crippen LogP contribution in [0.25, 0.3) is 0 Å². The van der Waals surface area contributed by atoms with Crippen molar-refractivity contribution in [1.29, 1.82) is 0 Å². The lowest BCUT2D eigenvalue weighted by atomic mass is 9.96. The monoisotopic (exact) mass is 319 g/mol. The third kappa shape index (κ3) is 3.19. The standard InChI is InChI=1S/C15H17ClF3NO/c1-4-14(2,3)20-13(12(16)9-21-20)10-5-7-11(8-6-10)15(17,18)19/h5-9,13H,4H2,1-3H3. The van der Waals surface area contributed by atoms with Crippen LogP contribution >= 0.6 is 11.6 Å². The van der Waals surface area contributed by atoms with E-state index in [1.807, 2.05) is 20.8 Å². The van der Waals surface area contributed by atoms with Crippen LogP contribution in [0.1, 0.15) is 44.4 Å². The first-order valence-electron chi connectivity index (χ1n) is 6.65. The molecule has 0 spiro atoms. The van der Waals surface area contributed by atoms with Gasteiger partial charge in [-0.1, -0.05) is 30.7 Å². The van der Waals surface area contributed by atoms with Crippen molar-refractivity contribution >= 4 is 11.6 Å². The molecule has 116 valence electrons. The first-order valence-corrected chi connectivity index (χ1v) is 7.03. The van der Waals surface area contributed by atoms with E-state index in [-0.39, 0.29) is 11.6 Å². The lowest BCUT2D eigenvalue weighted by Crippen LogP contribution is -2.42. The normalized spacial score (nSPS) is 20.3. The lowest BCUT2D eigenvalue weighted by molar-refractivity contribution is -0.174. The first-order chi connectivity index (χ1) is 9.66. The van der Waals surface area contributed by atoms with E-state index in [1.165, 1.54) is 18.4 Å². The van der Waals surface area contributed by atoms with E-state index in [1.54, 1.807) is 5.06 Å². The quantitative estimate of drug-likeness (QED) is 0.753. The Kier molecular flexibility index (Phi) is 4.26. The predicted molar refractivity (Wildman–Crippen MR) is 75.4 cm³/mol. The molecule has 0 saturated carbocycles. The number of hydrogen-bond acceptors (Lipinski definition) is 2. The highest BCUT2D eigenvalue weighted by molar-refractivity contribution is 6.30. The van der Waals surface area contributed by atoms with Gasteiger partial charge in [-0.15, -0.1) is 5.06 Å². The average molecular weight is 320 g/mol. The molecule has 0 radical (unpaired) electrons. The molecule has 1 aromatic carbocycles. The first kappa shape index (κ1) is 16.2. The number of hydroxylamine groups is 2. The minimum Gasteiger partial charge on any atom is -0.411 e. The van der Waals surface area contributed by atoms with Crippen molar-refractivity contribution in [2.24, 2.45) is 0 Å². The highest BCUT2D eigenvalue weighted by Crippen LogP contribution is 2.42. The van der Waals surface area contributed by atoms with E-state index in [9.17, 15) is 13.2 Å². The maximum absolute atomic E-state index is 12.6. The summed E-state index contributed by atoms with van der Waals surface area (Å²) in [5.41, 5.74) is -0.296. The van der Waals surface area contributed by atoms with Gasteiger partial charge in [0.15, 0.2) is 0 Å². The Morgan fingerprint density at radius 3 is 2.24 bits per heavy atom. The minimum atomic E-state index is -4.34. The summed E-state index contributed by atoms with van der Waals surface area (Å²) >= 11 is 6.17. The number of nitrogens with zero attached hydrogens (tertiary/aromatic N) is 1. The van der Waals surface area contributed by atoms with Crippen molar-refractivity contribution in [2.75, 3.05) is 0 Å². The summed E-state index contributed by atoms with van der Waals surface area (Å²) in [5.74, 6) is 0. The molecule has 21 heavy (non-hydrogen) atoms. The summed E-state index contributed by atoms with van der Waals surface area (Å²) in [7, 11) is 0. The Morgan fingerprint density at radius 2 is 1.76 bits per heavy atom. The smallest absolute Gasteiger partial charge is 0.411 e. The third-order valence-corrected chi connectivity index (χ3v) is 4.09. The van der Waals surface area contributed by atoms with Gasteiger partial charge in [0.2, 0.25) is 0 Å². The van der Waals surface area contributed by atoms with E-state index in [0.29, 0.717) is 10.6 Å². The zero-order valence-corrected chi connectivity index (χ0v) is 12.8. The van der Waals surface area contributed by atoms with Crippen LogP contribution in [-0.2, 0) is 11.0 Å². The second-order valence-corrected chi connectivity index (χ2v) is 6.06. The number of benzene rings is 1. The fourth-order valence-corrected chi connectivity index (χ4v) is 2.40. The van der Waals surface area contributed by atoms with Crippen LogP contribution in [0.3, 0.4) is 0 Å². The largest absolute Gasteiger partial charge is 0.416 e. The van der Waals surface area contributed by atoms with Crippen molar-refractivity contribution < 1.29 is 18.0 Å². The Balaban J connectivity index is 2.32. The average Bonchev–Trinajstić information content (AvgIpc) is 2.80. The molecule has 1 aliphatic heterocycles. The molecule has 0 bridgehead atoms. The molecule has 1 atom stereocenters. The summed E-state index contributed by atoms with van der Waals surface area (Å²) in [6.45, 7) is 6.00. The molecule has 0 N–H and O–H groups in total. The highest BCUT2D eigenvalue weighted by atomic mass is 35.5. The van der Waals surface area contributed by atoms with E-state index in [4.69, 9.17) is 16.4 Å². The lowest BCUT2D eigenvalue weighted by Gasteiger charge is -2.37. The summed E-state index contributed by atoms with van der Waals surface area (Å²) in [4.78, 5) is 5.50. The van der Waals surface area contributed by atoms with Crippen molar-refractivity contribution in [3.63, 3.8) is 0 Å².